The van der Waals surface area contributed by atoms with Crippen molar-refractivity contribution in [1.29, 1.82) is 0 Å². The van der Waals surface area contributed by atoms with Crippen molar-refractivity contribution in [1.82, 2.24) is 0 Å². The number of aliphatic hydroxyl groups excluding tert-OH is 1. The number of ether oxygens (including phenoxy) is 1. The molecule has 3 heteroatoms. The smallest absolute Gasteiger partial charge is 0.122 e. The SMILES string of the molecule is CCCC(O)CCc1cc(Br)ccc1OC. The second kappa shape index (κ2) is 6.92. The van der Waals surface area contributed by atoms with Crippen LogP contribution >= 0.6 is 15.9 Å². The average Bonchev–Trinajstić information content (AvgIpc) is 2.27. The fourth-order valence-electron chi connectivity index (χ4n) is 1.74. The summed E-state index contributed by atoms with van der Waals surface area (Å²) in [6.07, 6.45) is 3.34. The molecule has 1 atom stereocenters. The third kappa shape index (κ3) is 4.14. The molecule has 0 aliphatic heterocycles. The summed E-state index contributed by atoms with van der Waals surface area (Å²) >= 11 is 3.45. The maximum absolute atomic E-state index is 9.69. The number of hydrogen-bond donors (Lipinski definition) is 1. The van der Waals surface area contributed by atoms with E-state index in [0.717, 1.165) is 41.5 Å². The van der Waals surface area contributed by atoms with Gasteiger partial charge >= 0.3 is 0 Å². The number of aliphatic hydroxyl groups is 1. The van der Waals surface area contributed by atoms with E-state index in [9.17, 15) is 5.11 Å². The Hall–Kier alpha value is -0.540. The molecule has 0 aliphatic rings. The first-order valence-corrected chi connectivity index (χ1v) is 6.47. The van der Waals surface area contributed by atoms with E-state index in [-0.39, 0.29) is 6.10 Å². The third-order valence-electron chi connectivity index (χ3n) is 2.61. The molecule has 1 aromatic rings. The van der Waals surface area contributed by atoms with Crippen LogP contribution in [0.25, 0.3) is 0 Å². The highest BCUT2D eigenvalue weighted by atomic mass is 79.9. The van der Waals surface area contributed by atoms with Gasteiger partial charge in [-0.1, -0.05) is 29.3 Å². The molecule has 0 heterocycles. The van der Waals surface area contributed by atoms with E-state index in [4.69, 9.17) is 4.74 Å². The number of rotatable bonds is 6. The molecule has 0 bridgehead atoms. The summed E-state index contributed by atoms with van der Waals surface area (Å²) in [7, 11) is 1.68. The molecule has 2 nitrogen and oxygen atoms in total. The summed E-state index contributed by atoms with van der Waals surface area (Å²) in [5.74, 6) is 0.895. The van der Waals surface area contributed by atoms with E-state index in [1.807, 2.05) is 12.1 Å². The van der Waals surface area contributed by atoms with Gasteiger partial charge in [0, 0.05) is 4.47 Å². The Morgan fingerprint density at radius 3 is 2.75 bits per heavy atom. The van der Waals surface area contributed by atoms with Crippen LogP contribution in [0.15, 0.2) is 22.7 Å². The molecule has 1 N–H and O–H groups in total. The Bertz CT molecular complexity index is 326. The Labute approximate surface area is 106 Å². The first-order valence-electron chi connectivity index (χ1n) is 5.67. The average molecular weight is 287 g/mol. The van der Waals surface area contributed by atoms with Crippen LogP contribution < -0.4 is 4.74 Å². The van der Waals surface area contributed by atoms with Crippen molar-refractivity contribution in [3.05, 3.63) is 28.2 Å². The lowest BCUT2D eigenvalue weighted by Crippen LogP contribution is -2.07. The van der Waals surface area contributed by atoms with Gasteiger partial charge in [-0.05, 0) is 43.0 Å². The van der Waals surface area contributed by atoms with E-state index in [2.05, 4.69) is 28.9 Å². The Morgan fingerprint density at radius 1 is 1.38 bits per heavy atom. The molecule has 0 fully saturated rings. The normalized spacial score (nSPS) is 12.5. The van der Waals surface area contributed by atoms with Gasteiger partial charge in [0.05, 0.1) is 13.2 Å². The van der Waals surface area contributed by atoms with Gasteiger partial charge in [-0.3, -0.25) is 0 Å². The first kappa shape index (κ1) is 13.5. The number of methoxy groups -OCH3 is 1. The minimum Gasteiger partial charge on any atom is -0.496 e. The maximum atomic E-state index is 9.69. The van der Waals surface area contributed by atoms with Crippen molar-refractivity contribution in [2.45, 2.75) is 38.7 Å². The lowest BCUT2D eigenvalue weighted by molar-refractivity contribution is 0.153. The zero-order valence-electron chi connectivity index (χ0n) is 9.87. The lowest BCUT2D eigenvalue weighted by atomic mass is 10.0. The Morgan fingerprint density at radius 2 is 2.12 bits per heavy atom. The molecule has 0 saturated carbocycles. The summed E-state index contributed by atoms with van der Waals surface area (Å²) in [5.41, 5.74) is 1.15. The number of halogens is 1. The van der Waals surface area contributed by atoms with Crippen molar-refractivity contribution in [3.63, 3.8) is 0 Å². The van der Waals surface area contributed by atoms with E-state index >= 15 is 0 Å². The van der Waals surface area contributed by atoms with E-state index < -0.39 is 0 Å². The number of hydrogen-bond acceptors (Lipinski definition) is 2. The van der Waals surface area contributed by atoms with Crippen molar-refractivity contribution < 1.29 is 9.84 Å². The van der Waals surface area contributed by atoms with Crippen molar-refractivity contribution >= 4 is 15.9 Å². The second-order valence-electron chi connectivity index (χ2n) is 3.94. The van der Waals surface area contributed by atoms with Crippen LogP contribution in [0.1, 0.15) is 31.7 Å². The molecule has 0 aromatic heterocycles. The number of aryl methyl sites for hydroxylation is 1. The quantitative estimate of drug-likeness (QED) is 0.867. The highest BCUT2D eigenvalue weighted by Gasteiger charge is 2.07. The highest BCUT2D eigenvalue weighted by Crippen LogP contribution is 2.24. The summed E-state index contributed by atoms with van der Waals surface area (Å²) < 4.78 is 6.34. The van der Waals surface area contributed by atoms with Crippen molar-refractivity contribution in [3.8, 4) is 5.75 Å². The van der Waals surface area contributed by atoms with Gasteiger partial charge in [-0.15, -0.1) is 0 Å². The van der Waals surface area contributed by atoms with Crippen LogP contribution in [0.5, 0.6) is 5.75 Å². The Kier molecular flexibility index (Phi) is 5.85. The van der Waals surface area contributed by atoms with E-state index in [0.29, 0.717) is 0 Å². The van der Waals surface area contributed by atoms with Gasteiger partial charge < -0.3 is 9.84 Å². The lowest BCUT2D eigenvalue weighted by Gasteiger charge is -2.12. The van der Waals surface area contributed by atoms with Crippen LogP contribution in [0, 0.1) is 0 Å². The van der Waals surface area contributed by atoms with Crippen LogP contribution in [-0.4, -0.2) is 18.3 Å². The summed E-state index contributed by atoms with van der Waals surface area (Å²) in [4.78, 5) is 0. The predicted octanol–water partition coefficient (Wildman–Crippen LogP) is 3.55. The summed E-state index contributed by atoms with van der Waals surface area (Å²) in [6, 6.07) is 5.97. The monoisotopic (exact) mass is 286 g/mol. The topological polar surface area (TPSA) is 29.5 Å². The van der Waals surface area contributed by atoms with Crippen LogP contribution in [0.4, 0.5) is 0 Å². The third-order valence-corrected chi connectivity index (χ3v) is 3.10. The van der Waals surface area contributed by atoms with Crippen molar-refractivity contribution in [2.24, 2.45) is 0 Å². The van der Waals surface area contributed by atoms with Crippen molar-refractivity contribution in [2.75, 3.05) is 7.11 Å². The molecule has 90 valence electrons. The molecule has 0 spiro atoms. The molecule has 0 amide bonds. The number of benzene rings is 1. The van der Waals surface area contributed by atoms with Gasteiger partial charge in [-0.25, -0.2) is 0 Å². The molecule has 1 rings (SSSR count). The van der Waals surface area contributed by atoms with Crippen LogP contribution in [-0.2, 0) is 6.42 Å². The fraction of sp³-hybridized carbons (Fsp3) is 0.538. The molecular formula is C13H19BrO2. The van der Waals surface area contributed by atoms with Gasteiger partial charge in [0.2, 0.25) is 0 Å². The minimum atomic E-state index is -0.200. The molecule has 16 heavy (non-hydrogen) atoms. The molecule has 0 radical (unpaired) electrons. The molecule has 1 aromatic carbocycles. The maximum Gasteiger partial charge on any atom is 0.122 e. The molecule has 0 aliphatic carbocycles. The zero-order valence-corrected chi connectivity index (χ0v) is 11.5. The minimum absolute atomic E-state index is 0.200. The standard InChI is InChI=1S/C13H19BrO2/c1-3-4-12(15)7-5-10-9-11(14)6-8-13(10)16-2/h6,8-9,12,15H,3-5,7H2,1-2H3. The summed E-state index contributed by atoms with van der Waals surface area (Å²) in [5, 5.41) is 9.69. The highest BCUT2D eigenvalue weighted by molar-refractivity contribution is 9.10. The van der Waals surface area contributed by atoms with Crippen LogP contribution in [0.2, 0.25) is 0 Å². The summed E-state index contributed by atoms with van der Waals surface area (Å²) in [6.45, 7) is 2.09. The van der Waals surface area contributed by atoms with E-state index in [1.54, 1.807) is 7.11 Å². The van der Waals surface area contributed by atoms with E-state index in [1.165, 1.54) is 0 Å². The zero-order chi connectivity index (χ0) is 12.0. The first-order chi connectivity index (χ1) is 7.67. The largest absolute Gasteiger partial charge is 0.496 e. The Balaban J connectivity index is 2.61. The van der Waals surface area contributed by atoms with Gasteiger partial charge in [0.25, 0.3) is 0 Å². The van der Waals surface area contributed by atoms with Crippen LogP contribution in [0.3, 0.4) is 0 Å². The molecule has 0 saturated heterocycles. The second-order valence-corrected chi connectivity index (χ2v) is 4.85. The molecule has 1 unspecified atom stereocenters. The molecular weight excluding hydrogens is 268 g/mol. The van der Waals surface area contributed by atoms with Gasteiger partial charge in [0.1, 0.15) is 5.75 Å². The van der Waals surface area contributed by atoms with Gasteiger partial charge in [0.15, 0.2) is 0 Å². The predicted molar refractivity (Wildman–Crippen MR) is 69.9 cm³/mol. The fourth-order valence-corrected chi connectivity index (χ4v) is 2.15. The van der Waals surface area contributed by atoms with Gasteiger partial charge in [-0.2, -0.15) is 0 Å².